The van der Waals surface area contributed by atoms with Crippen molar-refractivity contribution in [2.45, 2.75) is 6.92 Å². The standard InChI is InChI=1S/C16H14N2O4/c1-8(19)9-4-12-16(15(5-9)22-3)18-11-7-14(21-2)13(20)6-10(11)17-12/h4-7,20H,1-3H3. The third kappa shape index (κ3) is 2.18. The number of nitrogens with zero attached hydrogens (tertiary/aromatic N) is 2. The summed E-state index contributed by atoms with van der Waals surface area (Å²) < 4.78 is 10.4. The first-order valence-corrected chi connectivity index (χ1v) is 6.61. The molecule has 0 amide bonds. The SMILES string of the molecule is COc1cc2nc3c(OC)cc(C(C)=O)cc3nc2cc1O. The van der Waals surface area contributed by atoms with Crippen molar-refractivity contribution in [2.75, 3.05) is 14.2 Å². The highest BCUT2D eigenvalue weighted by Gasteiger charge is 2.13. The highest BCUT2D eigenvalue weighted by atomic mass is 16.5. The van der Waals surface area contributed by atoms with Crippen molar-refractivity contribution in [3.8, 4) is 17.2 Å². The van der Waals surface area contributed by atoms with Gasteiger partial charge in [0, 0.05) is 17.7 Å². The lowest BCUT2D eigenvalue weighted by Gasteiger charge is -2.09. The highest BCUT2D eigenvalue weighted by Crippen LogP contribution is 2.32. The number of hydrogen-bond donors (Lipinski definition) is 1. The molecule has 0 atom stereocenters. The molecule has 1 N–H and O–H groups in total. The quantitative estimate of drug-likeness (QED) is 0.591. The average molecular weight is 298 g/mol. The summed E-state index contributed by atoms with van der Waals surface area (Å²) in [5, 5.41) is 9.85. The molecule has 3 aromatic rings. The molecule has 0 saturated carbocycles. The maximum atomic E-state index is 11.6. The molecule has 6 nitrogen and oxygen atoms in total. The fourth-order valence-electron chi connectivity index (χ4n) is 2.29. The monoisotopic (exact) mass is 298 g/mol. The van der Waals surface area contributed by atoms with Gasteiger partial charge in [0.25, 0.3) is 0 Å². The number of methoxy groups -OCH3 is 2. The molecule has 0 radical (unpaired) electrons. The number of ether oxygens (including phenoxy) is 2. The van der Waals surface area contributed by atoms with E-state index in [0.717, 1.165) is 0 Å². The van der Waals surface area contributed by atoms with Gasteiger partial charge in [-0.3, -0.25) is 4.79 Å². The van der Waals surface area contributed by atoms with Gasteiger partial charge < -0.3 is 14.6 Å². The van der Waals surface area contributed by atoms with Gasteiger partial charge >= 0.3 is 0 Å². The zero-order chi connectivity index (χ0) is 15.9. The minimum atomic E-state index is -0.0836. The topological polar surface area (TPSA) is 81.5 Å². The zero-order valence-electron chi connectivity index (χ0n) is 12.4. The minimum absolute atomic E-state index is 0.0154. The van der Waals surface area contributed by atoms with E-state index in [1.807, 2.05) is 0 Å². The first-order valence-electron chi connectivity index (χ1n) is 6.61. The van der Waals surface area contributed by atoms with E-state index in [-0.39, 0.29) is 11.5 Å². The molecule has 6 heteroatoms. The Hall–Kier alpha value is -2.89. The largest absolute Gasteiger partial charge is 0.504 e. The molecule has 3 rings (SSSR count). The number of benzene rings is 2. The lowest BCUT2D eigenvalue weighted by molar-refractivity contribution is 0.101. The summed E-state index contributed by atoms with van der Waals surface area (Å²) in [4.78, 5) is 20.6. The van der Waals surface area contributed by atoms with Gasteiger partial charge in [0.2, 0.25) is 0 Å². The predicted molar refractivity (Wildman–Crippen MR) is 81.8 cm³/mol. The second-order valence-electron chi connectivity index (χ2n) is 4.84. The molecule has 0 aliphatic heterocycles. The van der Waals surface area contributed by atoms with Gasteiger partial charge in [0.1, 0.15) is 11.3 Å². The Labute approximate surface area is 126 Å². The lowest BCUT2D eigenvalue weighted by Crippen LogP contribution is -1.98. The Morgan fingerprint density at radius 3 is 2.27 bits per heavy atom. The second-order valence-corrected chi connectivity index (χ2v) is 4.84. The second kappa shape index (κ2) is 5.14. The number of ketones is 1. The molecule has 1 aromatic heterocycles. The Bertz CT molecular complexity index is 906. The number of Topliss-reactive ketones (excluding diaryl/α,β-unsaturated/α-hetero) is 1. The van der Waals surface area contributed by atoms with E-state index in [9.17, 15) is 9.90 Å². The summed E-state index contributed by atoms with van der Waals surface area (Å²) in [5.74, 6) is 0.697. The van der Waals surface area contributed by atoms with Crippen molar-refractivity contribution in [1.29, 1.82) is 0 Å². The fraction of sp³-hybridized carbons (Fsp3) is 0.188. The number of hydrogen-bond acceptors (Lipinski definition) is 6. The molecular formula is C16H14N2O4. The summed E-state index contributed by atoms with van der Waals surface area (Å²) in [5.41, 5.74) is 2.65. The molecule has 0 aliphatic carbocycles. The van der Waals surface area contributed by atoms with Crippen LogP contribution in [0.1, 0.15) is 17.3 Å². The summed E-state index contributed by atoms with van der Waals surface area (Å²) >= 11 is 0. The minimum Gasteiger partial charge on any atom is -0.504 e. The van der Waals surface area contributed by atoms with Crippen molar-refractivity contribution >= 4 is 27.9 Å². The number of fused-ring (bicyclic) bond motifs is 2. The number of aromatic hydroxyl groups is 1. The number of carbonyl (C=O) groups excluding carboxylic acids is 1. The van der Waals surface area contributed by atoms with Crippen LogP contribution < -0.4 is 9.47 Å². The molecule has 22 heavy (non-hydrogen) atoms. The predicted octanol–water partition coefficient (Wildman–Crippen LogP) is 2.71. The van der Waals surface area contributed by atoms with Crippen LogP contribution in [0.25, 0.3) is 22.1 Å². The van der Waals surface area contributed by atoms with Gasteiger partial charge in [-0.2, -0.15) is 0 Å². The van der Waals surface area contributed by atoms with Crippen LogP contribution in [0.15, 0.2) is 24.3 Å². The summed E-state index contributed by atoms with van der Waals surface area (Å²) in [6.45, 7) is 1.48. The van der Waals surface area contributed by atoms with E-state index in [1.165, 1.54) is 27.2 Å². The van der Waals surface area contributed by atoms with Gasteiger partial charge in [-0.05, 0) is 19.1 Å². The number of carbonyl (C=O) groups is 1. The molecule has 2 aromatic carbocycles. The van der Waals surface area contributed by atoms with E-state index in [4.69, 9.17) is 9.47 Å². The van der Waals surface area contributed by atoms with Crippen molar-refractivity contribution in [2.24, 2.45) is 0 Å². The summed E-state index contributed by atoms with van der Waals surface area (Å²) in [6, 6.07) is 6.39. The Kier molecular flexibility index (Phi) is 3.29. The van der Waals surface area contributed by atoms with Crippen molar-refractivity contribution in [3.63, 3.8) is 0 Å². The van der Waals surface area contributed by atoms with Crippen LogP contribution in [0, 0.1) is 0 Å². The van der Waals surface area contributed by atoms with Gasteiger partial charge in [0.15, 0.2) is 17.3 Å². The maximum absolute atomic E-state index is 11.6. The van der Waals surface area contributed by atoms with E-state index >= 15 is 0 Å². The van der Waals surface area contributed by atoms with Crippen molar-refractivity contribution < 1.29 is 19.4 Å². The molecular weight excluding hydrogens is 284 g/mol. The van der Waals surface area contributed by atoms with Crippen molar-refractivity contribution in [3.05, 3.63) is 29.8 Å². The first kappa shape index (κ1) is 14.1. The average Bonchev–Trinajstić information content (AvgIpc) is 2.51. The molecule has 0 spiro atoms. The van der Waals surface area contributed by atoms with Crippen LogP contribution in [-0.2, 0) is 0 Å². The fourth-order valence-corrected chi connectivity index (χ4v) is 2.29. The zero-order valence-corrected chi connectivity index (χ0v) is 12.4. The molecule has 0 fully saturated rings. The third-order valence-electron chi connectivity index (χ3n) is 3.43. The van der Waals surface area contributed by atoms with E-state index < -0.39 is 0 Å². The molecule has 1 heterocycles. The van der Waals surface area contributed by atoms with Gasteiger partial charge in [-0.1, -0.05) is 0 Å². The van der Waals surface area contributed by atoms with E-state index in [2.05, 4.69) is 9.97 Å². The van der Waals surface area contributed by atoms with E-state index in [0.29, 0.717) is 39.1 Å². The third-order valence-corrected chi connectivity index (χ3v) is 3.43. The Morgan fingerprint density at radius 2 is 1.64 bits per heavy atom. The Morgan fingerprint density at radius 1 is 0.955 bits per heavy atom. The molecule has 0 saturated heterocycles. The first-order chi connectivity index (χ1) is 10.5. The normalized spacial score (nSPS) is 10.9. The van der Waals surface area contributed by atoms with Gasteiger partial charge in [-0.25, -0.2) is 9.97 Å². The van der Waals surface area contributed by atoms with E-state index in [1.54, 1.807) is 18.2 Å². The smallest absolute Gasteiger partial charge is 0.162 e. The van der Waals surface area contributed by atoms with Gasteiger partial charge in [-0.15, -0.1) is 0 Å². The Balaban J connectivity index is 2.38. The highest BCUT2D eigenvalue weighted by molar-refractivity contribution is 6.00. The number of phenolic OH excluding ortho intramolecular Hbond substituents is 1. The molecule has 112 valence electrons. The summed E-state index contributed by atoms with van der Waals surface area (Å²) in [7, 11) is 2.98. The van der Waals surface area contributed by atoms with Crippen LogP contribution in [0.4, 0.5) is 0 Å². The molecule has 0 bridgehead atoms. The number of rotatable bonds is 3. The molecule has 0 aliphatic rings. The van der Waals surface area contributed by atoms with Crippen LogP contribution in [0.5, 0.6) is 17.2 Å². The van der Waals surface area contributed by atoms with Crippen LogP contribution in [-0.4, -0.2) is 35.1 Å². The van der Waals surface area contributed by atoms with Gasteiger partial charge in [0.05, 0.1) is 30.8 Å². The lowest BCUT2D eigenvalue weighted by atomic mass is 10.1. The molecule has 0 unspecified atom stereocenters. The number of aromatic nitrogens is 2. The maximum Gasteiger partial charge on any atom is 0.162 e. The van der Waals surface area contributed by atoms with Crippen molar-refractivity contribution in [1.82, 2.24) is 9.97 Å². The van der Waals surface area contributed by atoms with Crippen LogP contribution in [0.3, 0.4) is 0 Å². The van der Waals surface area contributed by atoms with Crippen LogP contribution in [0.2, 0.25) is 0 Å². The van der Waals surface area contributed by atoms with Crippen LogP contribution >= 0.6 is 0 Å². The number of phenols is 1. The summed E-state index contributed by atoms with van der Waals surface area (Å²) in [6.07, 6.45) is 0.